The van der Waals surface area contributed by atoms with Gasteiger partial charge in [0.15, 0.2) is 5.65 Å². The minimum atomic E-state index is -0.286. The molecule has 0 bridgehead atoms. The second kappa shape index (κ2) is 12.9. The van der Waals surface area contributed by atoms with Crippen LogP contribution in [0.5, 0.6) is 5.75 Å². The van der Waals surface area contributed by atoms with Crippen molar-refractivity contribution in [1.29, 1.82) is 0 Å². The Labute approximate surface area is 280 Å². The second-order valence-corrected chi connectivity index (χ2v) is 13.7. The van der Waals surface area contributed by atoms with E-state index in [4.69, 9.17) is 21.4 Å². The van der Waals surface area contributed by atoms with E-state index in [-0.39, 0.29) is 23.6 Å². The Morgan fingerprint density at radius 3 is 2.47 bits per heavy atom. The zero-order chi connectivity index (χ0) is 32.5. The fourth-order valence-corrected chi connectivity index (χ4v) is 6.67. The van der Waals surface area contributed by atoms with E-state index in [0.29, 0.717) is 11.7 Å². The first-order valence-corrected chi connectivity index (χ1v) is 17.0. The predicted molar refractivity (Wildman–Crippen MR) is 185 cm³/mol. The molecule has 1 fully saturated rings. The van der Waals surface area contributed by atoms with E-state index in [0.717, 1.165) is 71.3 Å². The number of pyridine rings is 1. The van der Waals surface area contributed by atoms with Crippen LogP contribution in [0, 0.1) is 0 Å². The summed E-state index contributed by atoms with van der Waals surface area (Å²) < 4.78 is 10.4. The number of urea groups is 1. The lowest BCUT2D eigenvalue weighted by Gasteiger charge is -2.32. The number of nitrogens with one attached hydrogen (secondary N) is 2. The Bertz CT molecular complexity index is 1870. The first-order chi connectivity index (χ1) is 22.8. The van der Waals surface area contributed by atoms with Gasteiger partial charge < -0.3 is 15.0 Å². The number of hydrogen-bond donors (Lipinski definition) is 2. The van der Waals surface area contributed by atoms with E-state index in [9.17, 15) is 4.79 Å². The molecule has 0 radical (unpaired) electrons. The van der Waals surface area contributed by atoms with Crippen molar-refractivity contribution in [3.8, 4) is 11.4 Å². The van der Waals surface area contributed by atoms with E-state index in [1.165, 1.54) is 19.3 Å². The summed E-state index contributed by atoms with van der Waals surface area (Å²) in [6.07, 6.45) is 6.93. The van der Waals surface area contributed by atoms with Crippen LogP contribution in [0.15, 0.2) is 72.9 Å². The zero-order valence-electron chi connectivity index (χ0n) is 27.1. The maximum atomic E-state index is 13.5. The molecule has 1 saturated heterocycles. The van der Waals surface area contributed by atoms with E-state index in [1.807, 2.05) is 65.2 Å². The van der Waals surface area contributed by atoms with E-state index < -0.39 is 0 Å². The van der Waals surface area contributed by atoms with Crippen LogP contribution in [0.1, 0.15) is 87.4 Å². The molecule has 1 aliphatic carbocycles. The van der Waals surface area contributed by atoms with Gasteiger partial charge in [-0.3, -0.25) is 9.72 Å². The minimum absolute atomic E-state index is 0.147. The summed E-state index contributed by atoms with van der Waals surface area (Å²) in [5.41, 5.74) is 5.48. The summed E-state index contributed by atoms with van der Waals surface area (Å²) in [6, 6.07) is 21.5. The number of carbonyl (C=O) groups is 1. The topological polar surface area (TPSA) is 102 Å². The largest absolute Gasteiger partial charge is 0.484 e. The highest BCUT2D eigenvalue weighted by Crippen LogP contribution is 2.39. The summed E-state index contributed by atoms with van der Waals surface area (Å²) in [5, 5.41) is 20.0. The van der Waals surface area contributed by atoms with Crippen molar-refractivity contribution < 1.29 is 9.53 Å². The van der Waals surface area contributed by atoms with Gasteiger partial charge in [-0.25, -0.2) is 9.48 Å². The number of aromatic nitrogens is 5. The molecule has 2 aliphatic rings. The van der Waals surface area contributed by atoms with E-state index in [2.05, 4.69) is 58.6 Å². The highest BCUT2D eigenvalue weighted by atomic mass is 35.5. The SMILES string of the molecule is CC(C)(C)c1cc(NC(=O)N[C@H]2CC[C@@H](Oc3ccc4nnc(N5CCCCC5)n4c3)c3ccccc32)n(-c2ccc(CCl)cc2)n1. The van der Waals surface area contributed by atoms with Gasteiger partial charge in [-0.2, -0.15) is 5.10 Å². The number of hydrogen-bond acceptors (Lipinski definition) is 6. The Kier molecular flexibility index (Phi) is 8.53. The number of anilines is 2. The first kappa shape index (κ1) is 31.1. The third-order valence-corrected chi connectivity index (χ3v) is 9.38. The quantitative estimate of drug-likeness (QED) is 0.175. The number of halogens is 1. The van der Waals surface area contributed by atoms with Crippen LogP contribution in [0.2, 0.25) is 0 Å². The number of nitrogens with zero attached hydrogens (tertiary/aromatic N) is 6. The van der Waals surface area contributed by atoms with Crippen LogP contribution in [0.4, 0.5) is 16.6 Å². The molecule has 7 rings (SSSR count). The minimum Gasteiger partial charge on any atom is -0.484 e. The Morgan fingerprint density at radius 2 is 1.72 bits per heavy atom. The number of fused-ring (bicyclic) bond motifs is 2. The molecule has 0 unspecified atom stereocenters. The maximum Gasteiger partial charge on any atom is 0.320 e. The van der Waals surface area contributed by atoms with Crippen LogP contribution in [0.3, 0.4) is 0 Å². The number of carbonyl (C=O) groups excluding carboxylic acids is 1. The van der Waals surface area contributed by atoms with Crippen molar-refractivity contribution in [2.75, 3.05) is 23.3 Å². The molecule has 2 atom stereocenters. The van der Waals surface area contributed by atoms with Crippen molar-refractivity contribution in [2.45, 2.75) is 76.3 Å². The average molecular weight is 653 g/mol. The summed E-state index contributed by atoms with van der Waals surface area (Å²) in [7, 11) is 0. The molecule has 5 aromatic rings. The highest BCUT2D eigenvalue weighted by molar-refractivity contribution is 6.17. The standard InChI is InChI=1S/C36H41ClN8O2/c1-36(2,3)31-21-33(45(42-31)25-13-11-24(22-37)12-14-25)39-34(46)38-29-16-17-30(28-10-6-5-9-27(28)29)47-26-15-18-32-40-41-35(44(32)23-26)43-19-7-4-8-20-43/h5-6,9-15,18,21,23,29-30H,4,7-8,16-17,19-20,22H2,1-3H3,(H2,38,39,46)/t29-,30+/m0/s1. The van der Waals surface area contributed by atoms with Gasteiger partial charge in [-0.1, -0.05) is 57.2 Å². The number of benzene rings is 2. The van der Waals surface area contributed by atoms with Crippen molar-refractivity contribution in [3.63, 3.8) is 0 Å². The maximum absolute atomic E-state index is 13.5. The number of rotatable bonds is 7. The molecule has 244 valence electrons. The third-order valence-electron chi connectivity index (χ3n) is 9.07. The van der Waals surface area contributed by atoms with Gasteiger partial charge >= 0.3 is 6.03 Å². The van der Waals surface area contributed by atoms with Gasteiger partial charge in [0, 0.05) is 30.5 Å². The Morgan fingerprint density at radius 1 is 0.957 bits per heavy atom. The molecule has 47 heavy (non-hydrogen) atoms. The Hall–Kier alpha value is -4.57. The first-order valence-electron chi connectivity index (χ1n) is 16.5. The van der Waals surface area contributed by atoms with Gasteiger partial charge in [0.05, 0.1) is 23.6 Å². The predicted octanol–water partition coefficient (Wildman–Crippen LogP) is 7.72. The fourth-order valence-electron chi connectivity index (χ4n) is 6.50. The van der Waals surface area contributed by atoms with Crippen molar-refractivity contribution in [1.82, 2.24) is 29.7 Å². The smallest absolute Gasteiger partial charge is 0.320 e. The van der Waals surface area contributed by atoms with Crippen LogP contribution in [0.25, 0.3) is 11.3 Å². The third kappa shape index (κ3) is 6.52. The molecular formula is C36H41ClN8O2. The van der Waals surface area contributed by atoms with Crippen molar-refractivity contribution in [2.24, 2.45) is 0 Å². The molecule has 2 amide bonds. The van der Waals surface area contributed by atoms with Gasteiger partial charge in [-0.15, -0.1) is 21.8 Å². The second-order valence-electron chi connectivity index (χ2n) is 13.5. The van der Waals surface area contributed by atoms with E-state index >= 15 is 0 Å². The molecule has 0 spiro atoms. The fraction of sp³-hybridized carbons (Fsp3) is 0.389. The lowest BCUT2D eigenvalue weighted by molar-refractivity contribution is 0.171. The van der Waals surface area contributed by atoms with Crippen molar-refractivity contribution in [3.05, 3.63) is 95.3 Å². The molecule has 2 N–H and O–H groups in total. The molecule has 0 saturated carbocycles. The van der Waals surface area contributed by atoms with Crippen LogP contribution in [-0.2, 0) is 11.3 Å². The normalized spacial score (nSPS) is 18.2. The lowest BCUT2D eigenvalue weighted by atomic mass is 9.85. The molecule has 2 aromatic carbocycles. The van der Waals surface area contributed by atoms with Gasteiger partial charge in [0.2, 0.25) is 5.95 Å². The van der Waals surface area contributed by atoms with Crippen LogP contribution >= 0.6 is 11.6 Å². The summed E-state index contributed by atoms with van der Waals surface area (Å²) in [4.78, 5) is 15.8. The molecule has 10 nitrogen and oxygen atoms in total. The number of piperidine rings is 1. The summed E-state index contributed by atoms with van der Waals surface area (Å²) in [6.45, 7) is 8.30. The monoisotopic (exact) mass is 652 g/mol. The molecule has 1 aliphatic heterocycles. The number of ether oxygens (including phenoxy) is 1. The van der Waals surface area contributed by atoms with Crippen LogP contribution < -0.4 is 20.3 Å². The number of alkyl halides is 1. The summed E-state index contributed by atoms with van der Waals surface area (Å²) >= 11 is 6.01. The zero-order valence-corrected chi connectivity index (χ0v) is 27.9. The Balaban J connectivity index is 1.08. The van der Waals surface area contributed by atoms with Crippen molar-refractivity contribution >= 4 is 35.0 Å². The van der Waals surface area contributed by atoms with Gasteiger partial charge in [0.25, 0.3) is 0 Å². The molecular weight excluding hydrogens is 612 g/mol. The lowest BCUT2D eigenvalue weighted by Crippen LogP contribution is -2.36. The number of amides is 2. The highest BCUT2D eigenvalue weighted by Gasteiger charge is 2.30. The molecule has 11 heteroatoms. The molecule has 3 aromatic heterocycles. The molecule has 4 heterocycles. The van der Waals surface area contributed by atoms with E-state index in [1.54, 1.807) is 4.68 Å². The van der Waals surface area contributed by atoms with Gasteiger partial charge in [0.1, 0.15) is 17.7 Å². The van der Waals surface area contributed by atoms with Gasteiger partial charge in [-0.05, 0) is 73.1 Å². The summed E-state index contributed by atoms with van der Waals surface area (Å²) in [5.74, 6) is 2.67. The van der Waals surface area contributed by atoms with Crippen LogP contribution in [-0.4, -0.2) is 43.5 Å². The average Bonchev–Trinajstić information content (AvgIpc) is 3.71.